The average molecular weight is 239 g/mol. The Hall–Kier alpha value is -1.12. The molecule has 0 aromatic rings. The number of hydrogen-bond donors (Lipinski definition) is 1. The van der Waals surface area contributed by atoms with Gasteiger partial charge >= 0.3 is 0 Å². The highest BCUT2D eigenvalue weighted by molar-refractivity contribution is 5.85. The quantitative estimate of drug-likeness (QED) is 0.770. The first-order chi connectivity index (χ1) is 8.00. The lowest BCUT2D eigenvalue weighted by atomic mass is 9.80. The van der Waals surface area contributed by atoms with Crippen LogP contribution in [0.1, 0.15) is 19.8 Å². The summed E-state index contributed by atoms with van der Waals surface area (Å²) in [6.45, 7) is 3.69. The molecule has 0 aromatic carbocycles. The average Bonchev–Trinajstić information content (AvgIpc) is 2.28. The molecule has 0 bridgehead atoms. The summed E-state index contributed by atoms with van der Waals surface area (Å²) in [6, 6.07) is 2.22. The fourth-order valence-electron chi connectivity index (χ4n) is 2.06. The molecule has 1 N–H and O–H groups in total. The van der Waals surface area contributed by atoms with Gasteiger partial charge in [-0.05, 0) is 33.9 Å². The first kappa shape index (κ1) is 13.9. The fraction of sp³-hybridized carbons (Fsp3) is 0.833. The second-order valence-corrected chi connectivity index (χ2v) is 4.94. The van der Waals surface area contributed by atoms with Gasteiger partial charge in [-0.3, -0.25) is 4.79 Å². The lowest BCUT2D eigenvalue weighted by Crippen LogP contribution is -2.49. The van der Waals surface area contributed by atoms with Crippen LogP contribution in [0.5, 0.6) is 0 Å². The number of carbonyl (C=O) groups is 1. The number of likely N-dealkylation sites (N-methyl/N-ethyl adjacent to an activating group) is 1. The summed E-state index contributed by atoms with van der Waals surface area (Å²) in [5.41, 5.74) is -0.890. The van der Waals surface area contributed by atoms with Crippen molar-refractivity contribution < 1.29 is 9.53 Å². The Morgan fingerprint density at radius 1 is 1.53 bits per heavy atom. The zero-order valence-electron chi connectivity index (χ0n) is 10.8. The molecule has 1 aliphatic rings. The first-order valence-corrected chi connectivity index (χ1v) is 5.95. The van der Waals surface area contributed by atoms with Crippen LogP contribution in [0.2, 0.25) is 0 Å². The minimum atomic E-state index is -0.890. The van der Waals surface area contributed by atoms with Gasteiger partial charge in [-0.15, -0.1) is 0 Å². The van der Waals surface area contributed by atoms with Crippen LogP contribution < -0.4 is 5.32 Å². The van der Waals surface area contributed by atoms with Crippen LogP contribution in [0.3, 0.4) is 0 Å². The molecule has 1 atom stereocenters. The molecule has 5 nitrogen and oxygen atoms in total. The van der Waals surface area contributed by atoms with E-state index in [4.69, 9.17) is 4.74 Å². The van der Waals surface area contributed by atoms with Gasteiger partial charge in [-0.1, -0.05) is 0 Å². The van der Waals surface area contributed by atoms with Crippen molar-refractivity contribution in [1.82, 2.24) is 10.2 Å². The van der Waals surface area contributed by atoms with Crippen molar-refractivity contribution in [2.75, 3.05) is 33.9 Å². The SMILES string of the molecule is CC(CN(C)C)NC(=O)C1(C#N)CCOCC1. The first-order valence-electron chi connectivity index (χ1n) is 5.95. The number of nitriles is 1. The molecule has 17 heavy (non-hydrogen) atoms. The summed E-state index contributed by atoms with van der Waals surface area (Å²) in [7, 11) is 3.91. The van der Waals surface area contributed by atoms with E-state index in [0.717, 1.165) is 6.54 Å². The Bertz CT molecular complexity index is 303. The van der Waals surface area contributed by atoms with E-state index in [0.29, 0.717) is 26.1 Å². The lowest BCUT2D eigenvalue weighted by Gasteiger charge is -2.31. The number of amides is 1. The smallest absolute Gasteiger partial charge is 0.240 e. The number of carbonyl (C=O) groups excluding carboxylic acids is 1. The van der Waals surface area contributed by atoms with Crippen LogP contribution in [0.4, 0.5) is 0 Å². The van der Waals surface area contributed by atoms with Crippen molar-refractivity contribution in [2.45, 2.75) is 25.8 Å². The van der Waals surface area contributed by atoms with Crippen LogP contribution in [-0.4, -0.2) is 50.7 Å². The van der Waals surface area contributed by atoms with Gasteiger partial charge < -0.3 is 15.0 Å². The third kappa shape index (κ3) is 3.69. The van der Waals surface area contributed by atoms with Gasteiger partial charge in [0.2, 0.25) is 5.91 Å². The largest absolute Gasteiger partial charge is 0.381 e. The zero-order chi connectivity index (χ0) is 12.9. The van der Waals surface area contributed by atoms with E-state index in [9.17, 15) is 10.1 Å². The molecular formula is C12H21N3O2. The highest BCUT2D eigenvalue weighted by atomic mass is 16.5. The summed E-state index contributed by atoms with van der Waals surface area (Å²) >= 11 is 0. The van der Waals surface area contributed by atoms with E-state index in [1.54, 1.807) is 0 Å². The molecule has 1 saturated heterocycles. The van der Waals surface area contributed by atoms with E-state index in [2.05, 4.69) is 11.4 Å². The van der Waals surface area contributed by atoms with Gasteiger partial charge in [0.1, 0.15) is 5.41 Å². The summed E-state index contributed by atoms with van der Waals surface area (Å²) in [5.74, 6) is -0.155. The molecular weight excluding hydrogens is 218 g/mol. The number of hydrogen-bond acceptors (Lipinski definition) is 4. The third-order valence-electron chi connectivity index (χ3n) is 3.01. The molecule has 0 aliphatic carbocycles. The maximum absolute atomic E-state index is 12.1. The molecule has 0 radical (unpaired) electrons. The molecule has 0 spiro atoms. The highest BCUT2D eigenvalue weighted by Crippen LogP contribution is 2.29. The molecule has 1 unspecified atom stereocenters. The van der Waals surface area contributed by atoms with Gasteiger partial charge in [0.25, 0.3) is 0 Å². The topological polar surface area (TPSA) is 65.4 Å². The van der Waals surface area contributed by atoms with Crippen LogP contribution in [0, 0.1) is 16.7 Å². The monoisotopic (exact) mass is 239 g/mol. The van der Waals surface area contributed by atoms with Gasteiger partial charge in [-0.25, -0.2) is 0 Å². The van der Waals surface area contributed by atoms with Crippen molar-refractivity contribution in [3.8, 4) is 6.07 Å². The number of rotatable bonds is 4. The van der Waals surface area contributed by atoms with E-state index in [1.165, 1.54) is 0 Å². The third-order valence-corrected chi connectivity index (χ3v) is 3.01. The minimum absolute atomic E-state index is 0.0468. The van der Waals surface area contributed by atoms with E-state index < -0.39 is 5.41 Å². The molecule has 1 fully saturated rings. The van der Waals surface area contributed by atoms with Crippen molar-refractivity contribution in [2.24, 2.45) is 5.41 Å². The van der Waals surface area contributed by atoms with Crippen LogP contribution >= 0.6 is 0 Å². The molecule has 1 aliphatic heterocycles. The van der Waals surface area contributed by atoms with Crippen LogP contribution in [0.25, 0.3) is 0 Å². The van der Waals surface area contributed by atoms with Gasteiger partial charge in [0, 0.05) is 25.8 Å². The summed E-state index contributed by atoms with van der Waals surface area (Å²) in [6.07, 6.45) is 0.980. The molecule has 96 valence electrons. The Morgan fingerprint density at radius 2 is 2.12 bits per heavy atom. The minimum Gasteiger partial charge on any atom is -0.381 e. The van der Waals surface area contributed by atoms with E-state index >= 15 is 0 Å². The second-order valence-electron chi connectivity index (χ2n) is 4.94. The predicted molar refractivity (Wildman–Crippen MR) is 64.3 cm³/mol. The highest BCUT2D eigenvalue weighted by Gasteiger charge is 2.40. The Balaban J connectivity index is 2.58. The molecule has 1 heterocycles. The van der Waals surface area contributed by atoms with Gasteiger partial charge in [-0.2, -0.15) is 5.26 Å². The maximum Gasteiger partial charge on any atom is 0.240 e. The number of ether oxygens (including phenoxy) is 1. The zero-order valence-corrected chi connectivity index (χ0v) is 10.8. The number of nitrogens with one attached hydrogen (secondary N) is 1. The van der Waals surface area contributed by atoms with Crippen molar-refractivity contribution >= 4 is 5.91 Å². The van der Waals surface area contributed by atoms with E-state index in [-0.39, 0.29) is 11.9 Å². The summed E-state index contributed by atoms with van der Waals surface area (Å²) in [5, 5.41) is 12.1. The Kier molecular flexibility index (Phi) is 4.91. The fourth-order valence-corrected chi connectivity index (χ4v) is 2.06. The van der Waals surface area contributed by atoms with Gasteiger partial charge in [0.05, 0.1) is 6.07 Å². The summed E-state index contributed by atoms with van der Waals surface area (Å²) in [4.78, 5) is 14.1. The van der Waals surface area contributed by atoms with Crippen LogP contribution in [-0.2, 0) is 9.53 Å². The molecule has 5 heteroatoms. The molecule has 0 saturated carbocycles. The van der Waals surface area contributed by atoms with E-state index in [1.807, 2.05) is 25.9 Å². The van der Waals surface area contributed by atoms with Crippen molar-refractivity contribution in [3.05, 3.63) is 0 Å². The molecule has 1 amide bonds. The molecule has 0 aromatic heterocycles. The van der Waals surface area contributed by atoms with Crippen molar-refractivity contribution in [3.63, 3.8) is 0 Å². The Morgan fingerprint density at radius 3 is 2.59 bits per heavy atom. The predicted octanol–water partition coefficient (Wildman–Crippen LogP) is 0.373. The second kappa shape index (κ2) is 5.99. The van der Waals surface area contributed by atoms with Gasteiger partial charge in [0.15, 0.2) is 0 Å². The normalized spacial score (nSPS) is 20.6. The maximum atomic E-state index is 12.1. The van der Waals surface area contributed by atoms with Crippen LogP contribution in [0.15, 0.2) is 0 Å². The standard InChI is InChI=1S/C12H21N3O2/c1-10(8-15(2)3)14-11(16)12(9-13)4-6-17-7-5-12/h10H,4-8H2,1-3H3,(H,14,16). The number of nitrogens with zero attached hydrogens (tertiary/aromatic N) is 2. The Labute approximate surface area is 103 Å². The molecule has 1 rings (SSSR count). The van der Waals surface area contributed by atoms with Crippen molar-refractivity contribution in [1.29, 1.82) is 5.26 Å². The lowest BCUT2D eigenvalue weighted by molar-refractivity contribution is -0.133. The summed E-state index contributed by atoms with van der Waals surface area (Å²) < 4.78 is 5.21.